The minimum Gasteiger partial charge on any atom is -0.497 e. The van der Waals surface area contributed by atoms with Gasteiger partial charge in [0.1, 0.15) is 5.75 Å². The van der Waals surface area contributed by atoms with Gasteiger partial charge in [-0.2, -0.15) is 0 Å². The maximum atomic E-state index is 12.0. The molecule has 0 saturated heterocycles. The second-order valence-corrected chi connectivity index (χ2v) is 4.18. The Morgan fingerprint density at radius 1 is 1.47 bits per heavy atom. The number of amides is 1. The molecule has 0 aliphatic heterocycles. The van der Waals surface area contributed by atoms with Crippen LogP contribution in [0.15, 0.2) is 36.9 Å². The van der Waals surface area contributed by atoms with Gasteiger partial charge in [0, 0.05) is 18.0 Å². The smallest absolute Gasteiger partial charge is 0.253 e. The van der Waals surface area contributed by atoms with E-state index < -0.39 is 0 Å². The van der Waals surface area contributed by atoms with Crippen molar-refractivity contribution in [1.82, 2.24) is 10.3 Å². The normalized spacial score (nSPS) is 10.2. The summed E-state index contributed by atoms with van der Waals surface area (Å²) in [4.78, 5) is 16.4. The third kappa shape index (κ3) is 2.73. The average Bonchev–Trinajstić information content (AvgIpc) is 2.43. The minimum atomic E-state index is -0.136. The molecule has 0 saturated carbocycles. The van der Waals surface area contributed by atoms with E-state index >= 15 is 0 Å². The van der Waals surface area contributed by atoms with E-state index in [1.165, 1.54) is 0 Å². The molecule has 1 aromatic heterocycles. The summed E-state index contributed by atoms with van der Waals surface area (Å²) in [6.07, 6.45) is 1.65. The van der Waals surface area contributed by atoms with E-state index in [1.807, 2.05) is 31.2 Å². The maximum absolute atomic E-state index is 12.0. The monoisotopic (exact) mass is 256 g/mol. The predicted octanol–water partition coefficient (Wildman–Crippen LogP) is 2.47. The number of benzene rings is 1. The quantitative estimate of drug-likeness (QED) is 0.855. The molecule has 0 unspecified atom stereocenters. The molecule has 98 valence electrons. The lowest BCUT2D eigenvalue weighted by molar-refractivity contribution is 0.0957. The van der Waals surface area contributed by atoms with Gasteiger partial charge in [-0.1, -0.05) is 6.08 Å². The highest BCUT2D eigenvalue weighted by Crippen LogP contribution is 2.21. The summed E-state index contributed by atoms with van der Waals surface area (Å²) in [6, 6.07) is 7.44. The van der Waals surface area contributed by atoms with Gasteiger partial charge in [-0.25, -0.2) is 0 Å². The zero-order chi connectivity index (χ0) is 13.8. The number of nitrogens with one attached hydrogen (secondary N) is 1. The molecule has 2 aromatic rings. The predicted molar refractivity (Wildman–Crippen MR) is 75.6 cm³/mol. The van der Waals surface area contributed by atoms with Crippen LogP contribution >= 0.6 is 0 Å². The third-order valence-electron chi connectivity index (χ3n) is 2.87. The van der Waals surface area contributed by atoms with Crippen LogP contribution in [0, 0.1) is 6.92 Å². The molecule has 1 N–H and O–H groups in total. The Bertz CT molecular complexity index is 635. The van der Waals surface area contributed by atoms with Crippen molar-refractivity contribution in [3.05, 3.63) is 48.2 Å². The number of ether oxygens (including phenoxy) is 1. The van der Waals surface area contributed by atoms with Crippen LogP contribution in [-0.4, -0.2) is 24.5 Å². The van der Waals surface area contributed by atoms with Gasteiger partial charge in [-0.15, -0.1) is 6.58 Å². The summed E-state index contributed by atoms with van der Waals surface area (Å²) < 4.78 is 5.16. The van der Waals surface area contributed by atoms with Crippen molar-refractivity contribution >= 4 is 16.8 Å². The fraction of sp³-hybridized carbons (Fsp3) is 0.200. The number of aromatic nitrogens is 1. The molecular formula is C15H16N2O2. The highest BCUT2D eigenvalue weighted by atomic mass is 16.5. The van der Waals surface area contributed by atoms with Gasteiger partial charge >= 0.3 is 0 Å². The maximum Gasteiger partial charge on any atom is 0.253 e. The standard InChI is InChI=1S/C15H16N2O2/c1-4-7-16-15(18)13-8-11-5-6-12(19-3)9-14(11)17-10(13)2/h4-6,8-9H,1,7H2,2-3H3,(H,16,18). The van der Waals surface area contributed by atoms with E-state index in [1.54, 1.807) is 13.2 Å². The number of hydrogen-bond acceptors (Lipinski definition) is 3. The van der Waals surface area contributed by atoms with Crippen LogP contribution in [0.3, 0.4) is 0 Å². The zero-order valence-corrected chi connectivity index (χ0v) is 11.1. The average molecular weight is 256 g/mol. The third-order valence-corrected chi connectivity index (χ3v) is 2.87. The summed E-state index contributed by atoms with van der Waals surface area (Å²) >= 11 is 0. The van der Waals surface area contributed by atoms with Gasteiger partial charge < -0.3 is 10.1 Å². The van der Waals surface area contributed by atoms with E-state index in [2.05, 4.69) is 16.9 Å². The summed E-state index contributed by atoms with van der Waals surface area (Å²) in [5, 5.41) is 3.67. The Hall–Kier alpha value is -2.36. The van der Waals surface area contributed by atoms with Crippen LogP contribution in [-0.2, 0) is 0 Å². The van der Waals surface area contributed by atoms with Gasteiger partial charge in [-0.05, 0) is 25.1 Å². The molecule has 0 aliphatic carbocycles. The molecule has 0 spiro atoms. The molecule has 4 heteroatoms. The van der Waals surface area contributed by atoms with Crippen LogP contribution in [0.5, 0.6) is 5.75 Å². The lowest BCUT2D eigenvalue weighted by Gasteiger charge is -2.08. The van der Waals surface area contributed by atoms with Crippen LogP contribution in [0.4, 0.5) is 0 Å². The molecular weight excluding hydrogens is 240 g/mol. The molecule has 1 heterocycles. The fourth-order valence-electron chi connectivity index (χ4n) is 1.86. The van der Waals surface area contributed by atoms with Gasteiger partial charge in [0.25, 0.3) is 5.91 Å². The molecule has 4 nitrogen and oxygen atoms in total. The largest absolute Gasteiger partial charge is 0.497 e. The van der Waals surface area contributed by atoms with Gasteiger partial charge in [0.2, 0.25) is 0 Å². The van der Waals surface area contributed by atoms with Crippen molar-refractivity contribution in [3.8, 4) is 5.75 Å². The van der Waals surface area contributed by atoms with Crippen molar-refractivity contribution in [1.29, 1.82) is 0 Å². The van der Waals surface area contributed by atoms with Crippen molar-refractivity contribution in [2.45, 2.75) is 6.92 Å². The summed E-state index contributed by atoms with van der Waals surface area (Å²) in [5.74, 6) is 0.617. The molecule has 0 fully saturated rings. The summed E-state index contributed by atoms with van der Waals surface area (Å²) in [6.45, 7) is 5.84. The molecule has 1 amide bonds. The first kappa shape index (κ1) is 13.1. The Morgan fingerprint density at radius 3 is 2.95 bits per heavy atom. The molecule has 0 radical (unpaired) electrons. The van der Waals surface area contributed by atoms with Crippen molar-refractivity contribution in [3.63, 3.8) is 0 Å². The number of methoxy groups -OCH3 is 1. The number of carbonyl (C=O) groups is 1. The molecule has 0 bridgehead atoms. The number of rotatable bonds is 4. The molecule has 0 atom stereocenters. The lowest BCUT2D eigenvalue weighted by atomic mass is 10.1. The van der Waals surface area contributed by atoms with Crippen molar-refractivity contribution in [2.24, 2.45) is 0 Å². The first-order valence-corrected chi connectivity index (χ1v) is 6.00. The van der Waals surface area contributed by atoms with Crippen LogP contribution in [0.1, 0.15) is 16.1 Å². The van der Waals surface area contributed by atoms with E-state index in [9.17, 15) is 4.79 Å². The topological polar surface area (TPSA) is 51.2 Å². The molecule has 1 aromatic carbocycles. The summed E-state index contributed by atoms with van der Waals surface area (Å²) in [5.41, 5.74) is 2.10. The second kappa shape index (κ2) is 5.52. The van der Waals surface area contributed by atoms with Crippen LogP contribution in [0.25, 0.3) is 10.9 Å². The number of fused-ring (bicyclic) bond motifs is 1. The number of nitrogens with zero attached hydrogens (tertiary/aromatic N) is 1. The number of pyridine rings is 1. The Morgan fingerprint density at radius 2 is 2.26 bits per heavy atom. The van der Waals surface area contributed by atoms with Crippen LogP contribution in [0.2, 0.25) is 0 Å². The fourth-order valence-corrected chi connectivity index (χ4v) is 1.86. The zero-order valence-electron chi connectivity index (χ0n) is 11.1. The van der Waals surface area contributed by atoms with E-state index in [0.29, 0.717) is 17.8 Å². The number of aryl methyl sites for hydroxylation is 1. The highest BCUT2D eigenvalue weighted by Gasteiger charge is 2.11. The molecule has 0 aliphatic rings. The van der Waals surface area contributed by atoms with E-state index in [4.69, 9.17) is 4.74 Å². The van der Waals surface area contributed by atoms with Gasteiger partial charge in [0.05, 0.1) is 23.9 Å². The number of hydrogen-bond donors (Lipinski definition) is 1. The van der Waals surface area contributed by atoms with Crippen LogP contribution < -0.4 is 10.1 Å². The van der Waals surface area contributed by atoms with E-state index in [0.717, 1.165) is 16.7 Å². The molecule has 19 heavy (non-hydrogen) atoms. The number of carbonyl (C=O) groups excluding carboxylic acids is 1. The lowest BCUT2D eigenvalue weighted by Crippen LogP contribution is -2.24. The first-order chi connectivity index (χ1) is 9.15. The molecule has 2 rings (SSSR count). The van der Waals surface area contributed by atoms with Crippen molar-refractivity contribution in [2.75, 3.05) is 13.7 Å². The minimum absolute atomic E-state index is 0.136. The highest BCUT2D eigenvalue weighted by molar-refractivity contribution is 5.98. The van der Waals surface area contributed by atoms with E-state index in [-0.39, 0.29) is 5.91 Å². The Balaban J connectivity index is 2.44. The Kier molecular flexibility index (Phi) is 3.80. The van der Waals surface area contributed by atoms with Gasteiger partial charge in [-0.3, -0.25) is 9.78 Å². The Labute approximate surface area is 112 Å². The van der Waals surface area contributed by atoms with Crippen molar-refractivity contribution < 1.29 is 9.53 Å². The first-order valence-electron chi connectivity index (χ1n) is 6.00. The SMILES string of the molecule is C=CCNC(=O)c1cc2ccc(OC)cc2nc1C. The van der Waals surface area contributed by atoms with Gasteiger partial charge in [0.15, 0.2) is 0 Å². The summed E-state index contributed by atoms with van der Waals surface area (Å²) in [7, 11) is 1.62. The second-order valence-electron chi connectivity index (χ2n) is 4.18.